The molecule has 4 nitrogen and oxygen atoms in total. The SMILES string of the molecule is CCCNC1CCC(O)(c2c(Br)cnn2C)CC1. The average molecular weight is 316 g/mol. The lowest BCUT2D eigenvalue weighted by atomic mass is 9.80. The van der Waals surface area contributed by atoms with Crippen LogP contribution in [0, 0.1) is 0 Å². The summed E-state index contributed by atoms with van der Waals surface area (Å²) >= 11 is 3.49. The number of aliphatic hydroxyl groups is 1. The van der Waals surface area contributed by atoms with Crippen molar-refractivity contribution < 1.29 is 5.11 Å². The zero-order valence-electron chi connectivity index (χ0n) is 11.1. The van der Waals surface area contributed by atoms with Crippen LogP contribution in [-0.4, -0.2) is 27.5 Å². The fourth-order valence-electron chi connectivity index (χ4n) is 2.82. The smallest absolute Gasteiger partial charge is 0.107 e. The third-order valence-electron chi connectivity index (χ3n) is 3.83. The Morgan fingerprint density at radius 3 is 2.72 bits per heavy atom. The highest BCUT2D eigenvalue weighted by Gasteiger charge is 2.38. The van der Waals surface area contributed by atoms with E-state index in [0.29, 0.717) is 6.04 Å². The minimum atomic E-state index is -0.728. The van der Waals surface area contributed by atoms with Crippen LogP contribution in [0.2, 0.25) is 0 Å². The number of aromatic nitrogens is 2. The van der Waals surface area contributed by atoms with Gasteiger partial charge in [0.15, 0.2) is 0 Å². The van der Waals surface area contributed by atoms with Gasteiger partial charge in [0, 0.05) is 13.1 Å². The van der Waals surface area contributed by atoms with Crippen LogP contribution in [0.5, 0.6) is 0 Å². The quantitative estimate of drug-likeness (QED) is 0.896. The molecule has 5 heteroatoms. The molecule has 0 atom stereocenters. The lowest BCUT2D eigenvalue weighted by Crippen LogP contribution is -2.41. The molecule has 1 heterocycles. The van der Waals surface area contributed by atoms with E-state index in [0.717, 1.165) is 48.8 Å². The van der Waals surface area contributed by atoms with Crippen molar-refractivity contribution in [3.05, 3.63) is 16.4 Å². The first kappa shape index (κ1) is 14.0. The summed E-state index contributed by atoms with van der Waals surface area (Å²) in [6, 6.07) is 0.553. The Bertz CT molecular complexity index is 377. The van der Waals surface area contributed by atoms with Gasteiger partial charge in [-0.05, 0) is 54.6 Å². The summed E-state index contributed by atoms with van der Waals surface area (Å²) in [5.74, 6) is 0. The number of aryl methyl sites for hydroxylation is 1. The summed E-state index contributed by atoms with van der Waals surface area (Å²) in [4.78, 5) is 0. The van der Waals surface area contributed by atoms with E-state index in [4.69, 9.17) is 0 Å². The average Bonchev–Trinajstić information content (AvgIpc) is 2.69. The van der Waals surface area contributed by atoms with Gasteiger partial charge in [-0.2, -0.15) is 5.10 Å². The van der Waals surface area contributed by atoms with E-state index in [9.17, 15) is 5.11 Å². The minimum absolute atomic E-state index is 0.553. The largest absolute Gasteiger partial charge is 0.384 e. The van der Waals surface area contributed by atoms with Crippen molar-refractivity contribution in [2.75, 3.05) is 6.54 Å². The molecule has 0 amide bonds. The third kappa shape index (κ3) is 2.78. The molecule has 0 aliphatic heterocycles. The van der Waals surface area contributed by atoms with Gasteiger partial charge in [0.05, 0.1) is 16.4 Å². The van der Waals surface area contributed by atoms with E-state index in [2.05, 4.69) is 33.3 Å². The first-order valence-electron chi connectivity index (χ1n) is 6.70. The van der Waals surface area contributed by atoms with Gasteiger partial charge in [0.1, 0.15) is 5.60 Å². The monoisotopic (exact) mass is 315 g/mol. The van der Waals surface area contributed by atoms with Gasteiger partial charge in [-0.3, -0.25) is 4.68 Å². The molecule has 0 unspecified atom stereocenters. The summed E-state index contributed by atoms with van der Waals surface area (Å²) in [6.07, 6.45) is 6.56. The molecular formula is C13H22BrN3O. The Kier molecular flexibility index (Phi) is 4.45. The van der Waals surface area contributed by atoms with Crippen LogP contribution in [-0.2, 0) is 12.6 Å². The number of halogens is 1. The van der Waals surface area contributed by atoms with Crippen molar-refractivity contribution in [1.82, 2.24) is 15.1 Å². The molecule has 0 saturated heterocycles. The highest BCUT2D eigenvalue weighted by atomic mass is 79.9. The van der Waals surface area contributed by atoms with Crippen molar-refractivity contribution >= 4 is 15.9 Å². The van der Waals surface area contributed by atoms with Crippen LogP contribution in [0.1, 0.15) is 44.7 Å². The lowest BCUT2D eigenvalue weighted by Gasteiger charge is -2.36. The van der Waals surface area contributed by atoms with Crippen LogP contribution < -0.4 is 5.32 Å². The zero-order chi connectivity index (χ0) is 13.2. The van der Waals surface area contributed by atoms with Gasteiger partial charge < -0.3 is 10.4 Å². The highest BCUT2D eigenvalue weighted by molar-refractivity contribution is 9.10. The highest BCUT2D eigenvalue weighted by Crippen LogP contribution is 2.39. The molecule has 2 N–H and O–H groups in total. The Labute approximate surface area is 117 Å². The fraction of sp³-hybridized carbons (Fsp3) is 0.769. The van der Waals surface area contributed by atoms with E-state index in [-0.39, 0.29) is 0 Å². The van der Waals surface area contributed by atoms with Crippen LogP contribution in [0.15, 0.2) is 10.7 Å². The molecular weight excluding hydrogens is 294 g/mol. The van der Waals surface area contributed by atoms with Crippen molar-refractivity contribution in [3.63, 3.8) is 0 Å². The van der Waals surface area contributed by atoms with E-state index in [1.54, 1.807) is 10.9 Å². The maximum Gasteiger partial charge on any atom is 0.107 e. The molecule has 0 radical (unpaired) electrons. The maximum absolute atomic E-state index is 10.8. The summed E-state index contributed by atoms with van der Waals surface area (Å²) in [5, 5.41) is 18.6. The molecule has 1 aliphatic rings. The van der Waals surface area contributed by atoms with Crippen molar-refractivity contribution in [3.8, 4) is 0 Å². The molecule has 1 aromatic rings. The molecule has 0 bridgehead atoms. The summed E-state index contributed by atoms with van der Waals surface area (Å²) in [5.41, 5.74) is 0.186. The van der Waals surface area contributed by atoms with Crippen LogP contribution in [0.4, 0.5) is 0 Å². The molecule has 0 spiro atoms. The second-order valence-electron chi connectivity index (χ2n) is 5.22. The predicted octanol–water partition coefficient (Wildman–Crippen LogP) is 2.31. The number of hydrogen-bond acceptors (Lipinski definition) is 3. The molecule has 0 aromatic carbocycles. The van der Waals surface area contributed by atoms with Crippen molar-refractivity contribution in [2.45, 2.75) is 50.7 Å². The van der Waals surface area contributed by atoms with Gasteiger partial charge in [0.2, 0.25) is 0 Å². The zero-order valence-corrected chi connectivity index (χ0v) is 12.7. The maximum atomic E-state index is 10.8. The van der Waals surface area contributed by atoms with E-state index in [1.165, 1.54) is 0 Å². The van der Waals surface area contributed by atoms with E-state index >= 15 is 0 Å². The Morgan fingerprint density at radius 1 is 1.56 bits per heavy atom. The Balaban J connectivity index is 2.03. The second-order valence-corrected chi connectivity index (χ2v) is 6.08. The first-order chi connectivity index (χ1) is 8.57. The second kappa shape index (κ2) is 5.72. The lowest BCUT2D eigenvalue weighted by molar-refractivity contribution is -0.0159. The minimum Gasteiger partial charge on any atom is -0.384 e. The van der Waals surface area contributed by atoms with Gasteiger partial charge in [-0.1, -0.05) is 6.92 Å². The standard InChI is InChI=1S/C13H22BrN3O/c1-3-8-15-10-4-6-13(18,7-5-10)12-11(14)9-16-17(12)2/h9-10,15,18H,3-8H2,1-2H3. The van der Waals surface area contributed by atoms with Crippen molar-refractivity contribution in [1.29, 1.82) is 0 Å². The fourth-order valence-corrected chi connectivity index (χ4v) is 3.54. The van der Waals surface area contributed by atoms with Crippen molar-refractivity contribution in [2.24, 2.45) is 7.05 Å². The predicted molar refractivity (Wildman–Crippen MR) is 75.4 cm³/mol. The van der Waals surface area contributed by atoms with Gasteiger partial charge in [-0.25, -0.2) is 0 Å². The van der Waals surface area contributed by atoms with E-state index in [1.807, 2.05) is 7.05 Å². The van der Waals surface area contributed by atoms with Gasteiger partial charge in [0.25, 0.3) is 0 Å². The number of rotatable bonds is 4. The Morgan fingerprint density at radius 2 is 2.22 bits per heavy atom. The normalized spacial score (nSPS) is 28.6. The van der Waals surface area contributed by atoms with Gasteiger partial charge >= 0.3 is 0 Å². The summed E-state index contributed by atoms with van der Waals surface area (Å²) in [7, 11) is 1.89. The van der Waals surface area contributed by atoms with Crippen LogP contribution >= 0.6 is 15.9 Å². The first-order valence-corrected chi connectivity index (χ1v) is 7.50. The number of nitrogens with one attached hydrogen (secondary N) is 1. The molecule has 18 heavy (non-hydrogen) atoms. The number of hydrogen-bond donors (Lipinski definition) is 2. The van der Waals surface area contributed by atoms with Crippen LogP contribution in [0.25, 0.3) is 0 Å². The topological polar surface area (TPSA) is 50.1 Å². The number of nitrogens with zero attached hydrogens (tertiary/aromatic N) is 2. The molecule has 102 valence electrons. The van der Waals surface area contributed by atoms with Crippen LogP contribution in [0.3, 0.4) is 0 Å². The molecule has 1 saturated carbocycles. The summed E-state index contributed by atoms with van der Waals surface area (Å²) < 4.78 is 2.69. The third-order valence-corrected chi connectivity index (χ3v) is 4.41. The molecule has 2 rings (SSSR count). The molecule has 1 aromatic heterocycles. The summed E-state index contributed by atoms with van der Waals surface area (Å²) in [6.45, 7) is 3.25. The molecule has 1 aliphatic carbocycles. The van der Waals surface area contributed by atoms with Gasteiger partial charge in [-0.15, -0.1) is 0 Å². The molecule has 1 fully saturated rings. The Hall–Kier alpha value is -0.390. The van der Waals surface area contributed by atoms with E-state index < -0.39 is 5.60 Å².